The monoisotopic (exact) mass is 255 g/mol. The van der Waals surface area contributed by atoms with Crippen molar-refractivity contribution < 1.29 is 19.7 Å². The lowest BCUT2D eigenvalue weighted by Gasteiger charge is -2.42. The van der Waals surface area contributed by atoms with Gasteiger partial charge in [-0.3, -0.25) is 4.57 Å². The summed E-state index contributed by atoms with van der Waals surface area (Å²) in [6.45, 7) is -0.263. The van der Waals surface area contributed by atoms with E-state index in [1.54, 1.807) is 0 Å². The summed E-state index contributed by atoms with van der Waals surface area (Å²) in [5, 5.41) is 19.4. The first-order valence-electron chi connectivity index (χ1n) is 5.51. The highest BCUT2D eigenvalue weighted by atomic mass is 16.6. The lowest BCUT2D eigenvalue weighted by Crippen LogP contribution is -2.62. The van der Waals surface area contributed by atoms with Crippen molar-refractivity contribution in [3.8, 4) is 0 Å². The van der Waals surface area contributed by atoms with E-state index in [2.05, 4.69) is 4.98 Å². The second-order valence-corrected chi connectivity index (χ2v) is 4.46. The van der Waals surface area contributed by atoms with E-state index in [1.165, 1.54) is 16.8 Å². The van der Waals surface area contributed by atoms with Crippen LogP contribution in [0.1, 0.15) is 6.23 Å². The average molecular weight is 255 g/mol. The highest BCUT2D eigenvalue weighted by Gasteiger charge is 2.63. The molecule has 2 aliphatic rings. The van der Waals surface area contributed by atoms with E-state index in [-0.39, 0.29) is 19.0 Å². The maximum atomic E-state index is 11.7. The van der Waals surface area contributed by atoms with Crippen molar-refractivity contribution in [2.75, 3.05) is 18.9 Å². The standard InChI is InChI=1S/C10H13N3O5/c11-6-1-2-13(9(15)12-6)8-7-10(16,4-17-7)5(3-14)18-8/h1-2,5,7-8,14,16H,3-4H2,(H2,11,12,15)/t5-,7+,8-,10-/m1/s1. The fraction of sp³-hybridized carbons (Fsp3) is 0.600. The zero-order chi connectivity index (χ0) is 12.9. The Morgan fingerprint density at radius 2 is 2.44 bits per heavy atom. The fourth-order valence-corrected chi connectivity index (χ4v) is 2.35. The van der Waals surface area contributed by atoms with Crippen LogP contribution in [-0.2, 0) is 9.47 Å². The molecule has 0 saturated carbocycles. The van der Waals surface area contributed by atoms with Crippen LogP contribution in [0.25, 0.3) is 0 Å². The predicted octanol–water partition coefficient (Wildman–Crippen LogP) is -2.15. The summed E-state index contributed by atoms with van der Waals surface area (Å²) >= 11 is 0. The molecule has 0 aliphatic carbocycles. The van der Waals surface area contributed by atoms with Crippen molar-refractivity contribution in [1.82, 2.24) is 9.55 Å². The number of aliphatic hydroxyl groups is 2. The van der Waals surface area contributed by atoms with E-state index < -0.39 is 29.7 Å². The number of anilines is 1. The fourth-order valence-electron chi connectivity index (χ4n) is 2.35. The molecule has 0 bridgehead atoms. The van der Waals surface area contributed by atoms with Gasteiger partial charge in [-0.05, 0) is 6.07 Å². The first-order valence-corrected chi connectivity index (χ1v) is 5.51. The van der Waals surface area contributed by atoms with E-state index in [1.807, 2.05) is 0 Å². The summed E-state index contributed by atoms with van der Waals surface area (Å²) < 4.78 is 11.9. The second kappa shape index (κ2) is 3.75. The number of hydrogen-bond acceptors (Lipinski definition) is 7. The molecule has 3 rings (SSSR count). The largest absolute Gasteiger partial charge is 0.394 e. The third-order valence-corrected chi connectivity index (χ3v) is 3.40. The van der Waals surface area contributed by atoms with Crippen molar-refractivity contribution in [2.24, 2.45) is 0 Å². The molecule has 2 aliphatic heterocycles. The third-order valence-electron chi connectivity index (χ3n) is 3.40. The third kappa shape index (κ3) is 1.40. The lowest BCUT2D eigenvalue weighted by atomic mass is 9.88. The topological polar surface area (TPSA) is 120 Å². The summed E-state index contributed by atoms with van der Waals surface area (Å²) in [6.07, 6.45) is -0.832. The van der Waals surface area contributed by atoms with Gasteiger partial charge in [0.15, 0.2) is 6.23 Å². The minimum Gasteiger partial charge on any atom is -0.394 e. The molecule has 18 heavy (non-hydrogen) atoms. The molecule has 0 radical (unpaired) electrons. The van der Waals surface area contributed by atoms with E-state index in [0.717, 1.165) is 0 Å². The normalized spacial score (nSPS) is 38.2. The molecule has 1 aromatic rings. The first-order chi connectivity index (χ1) is 8.56. The van der Waals surface area contributed by atoms with Gasteiger partial charge >= 0.3 is 5.69 Å². The smallest absolute Gasteiger partial charge is 0.351 e. The number of hydrogen-bond donors (Lipinski definition) is 3. The molecule has 0 spiro atoms. The zero-order valence-corrected chi connectivity index (χ0v) is 9.39. The molecule has 2 fully saturated rings. The highest BCUT2D eigenvalue weighted by molar-refractivity contribution is 5.24. The Balaban J connectivity index is 1.97. The molecule has 1 aromatic heterocycles. The number of aromatic nitrogens is 2. The molecule has 98 valence electrons. The SMILES string of the molecule is Nc1ccn([C@@H]2O[C@H](CO)[C@]3(O)CO[C@@H]23)c(=O)n1. The van der Waals surface area contributed by atoms with Gasteiger partial charge < -0.3 is 25.4 Å². The van der Waals surface area contributed by atoms with Crippen LogP contribution in [0.4, 0.5) is 5.82 Å². The number of nitrogen functional groups attached to an aromatic ring is 1. The van der Waals surface area contributed by atoms with Crippen LogP contribution in [0.15, 0.2) is 17.1 Å². The quantitative estimate of drug-likeness (QED) is 0.550. The molecule has 2 saturated heterocycles. The van der Waals surface area contributed by atoms with E-state index in [4.69, 9.17) is 20.3 Å². The van der Waals surface area contributed by atoms with Gasteiger partial charge in [0.25, 0.3) is 0 Å². The van der Waals surface area contributed by atoms with Gasteiger partial charge in [-0.25, -0.2) is 4.79 Å². The van der Waals surface area contributed by atoms with Gasteiger partial charge in [-0.15, -0.1) is 0 Å². The van der Waals surface area contributed by atoms with Crippen molar-refractivity contribution >= 4 is 5.82 Å². The molecular formula is C10H13N3O5. The van der Waals surface area contributed by atoms with Crippen LogP contribution in [-0.4, -0.2) is 50.8 Å². The Hall–Kier alpha value is -1.48. The second-order valence-electron chi connectivity index (χ2n) is 4.46. The number of nitrogens with zero attached hydrogens (tertiary/aromatic N) is 2. The Kier molecular flexibility index (Phi) is 2.42. The maximum Gasteiger partial charge on any atom is 0.351 e. The summed E-state index contributed by atoms with van der Waals surface area (Å²) in [4.78, 5) is 15.3. The Morgan fingerprint density at radius 1 is 1.67 bits per heavy atom. The molecule has 4 N–H and O–H groups in total. The minimum absolute atomic E-state index is 0.0799. The van der Waals surface area contributed by atoms with Crippen molar-refractivity contribution in [3.63, 3.8) is 0 Å². The van der Waals surface area contributed by atoms with Crippen LogP contribution in [0.2, 0.25) is 0 Å². The van der Waals surface area contributed by atoms with E-state index >= 15 is 0 Å². The van der Waals surface area contributed by atoms with Gasteiger partial charge in [0.2, 0.25) is 0 Å². The van der Waals surface area contributed by atoms with Crippen molar-refractivity contribution in [2.45, 2.75) is 24.0 Å². The summed E-state index contributed by atoms with van der Waals surface area (Å²) in [5.41, 5.74) is 3.56. The number of fused-ring (bicyclic) bond motifs is 1. The minimum atomic E-state index is -1.25. The van der Waals surface area contributed by atoms with Crippen molar-refractivity contribution in [3.05, 3.63) is 22.7 Å². The molecule has 4 atom stereocenters. The molecule has 0 aromatic carbocycles. The summed E-state index contributed by atoms with van der Waals surface area (Å²) in [5.74, 6) is 0.109. The highest BCUT2D eigenvalue weighted by Crippen LogP contribution is 2.45. The summed E-state index contributed by atoms with van der Waals surface area (Å²) in [6, 6.07) is 1.45. The number of rotatable bonds is 2. The maximum absolute atomic E-state index is 11.7. The van der Waals surface area contributed by atoms with Gasteiger partial charge in [-0.2, -0.15) is 4.98 Å². The Labute approximate surface area is 102 Å². The molecule has 0 unspecified atom stereocenters. The van der Waals surface area contributed by atoms with Crippen LogP contribution in [0.5, 0.6) is 0 Å². The molecule has 8 heteroatoms. The van der Waals surface area contributed by atoms with Gasteiger partial charge in [-0.1, -0.05) is 0 Å². The summed E-state index contributed by atoms with van der Waals surface area (Å²) in [7, 11) is 0. The lowest BCUT2D eigenvalue weighted by molar-refractivity contribution is -0.236. The molecular weight excluding hydrogens is 242 g/mol. The molecule has 3 heterocycles. The Bertz CT molecular complexity index is 532. The van der Waals surface area contributed by atoms with E-state index in [9.17, 15) is 9.90 Å². The van der Waals surface area contributed by atoms with Gasteiger partial charge in [0.05, 0.1) is 13.2 Å². The number of ether oxygens (including phenoxy) is 2. The predicted molar refractivity (Wildman–Crippen MR) is 58.6 cm³/mol. The molecule has 0 amide bonds. The molecule has 8 nitrogen and oxygen atoms in total. The number of aliphatic hydroxyl groups excluding tert-OH is 1. The average Bonchev–Trinajstić information content (AvgIpc) is 2.50. The van der Waals surface area contributed by atoms with E-state index in [0.29, 0.717) is 0 Å². The van der Waals surface area contributed by atoms with Gasteiger partial charge in [0.1, 0.15) is 23.6 Å². The number of nitrogens with two attached hydrogens (primary N) is 1. The Morgan fingerprint density at radius 3 is 2.94 bits per heavy atom. The van der Waals surface area contributed by atoms with Crippen LogP contribution in [0, 0.1) is 0 Å². The van der Waals surface area contributed by atoms with Crippen LogP contribution in [0.3, 0.4) is 0 Å². The first kappa shape index (κ1) is 11.6. The van der Waals surface area contributed by atoms with Crippen LogP contribution < -0.4 is 11.4 Å². The van der Waals surface area contributed by atoms with Crippen molar-refractivity contribution in [1.29, 1.82) is 0 Å². The zero-order valence-electron chi connectivity index (χ0n) is 9.39. The van der Waals surface area contributed by atoms with Gasteiger partial charge in [0, 0.05) is 6.20 Å². The van der Waals surface area contributed by atoms with Crippen LogP contribution >= 0.6 is 0 Å².